The monoisotopic (exact) mass is 281 g/mol. The minimum absolute atomic E-state index is 0.261. The fourth-order valence-corrected chi connectivity index (χ4v) is 3.65. The van der Waals surface area contributed by atoms with Crippen LogP contribution in [0.3, 0.4) is 0 Å². The van der Waals surface area contributed by atoms with Crippen LogP contribution in [0.4, 0.5) is 4.79 Å². The van der Waals surface area contributed by atoms with Crippen LogP contribution in [0.1, 0.15) is 31.4 Å². The summed E-state index contributed by atoms with van der Waals surface area (Å²) in [5.41, 5.74) is 3.03. The van der Waals surface area contributed by atoms with Crippen molar-refractivity contribution >= 4 is 17.4 Å². The van der Waals surface area contributed by atoms with Crippen molar-refractivity contribution < 1.29 is 9.53 Å². The predicted molar refractivity (Wildman–Crippen MR) is 73.0 cm³/mol. The molecule has 1 aromatic heterocycles. The third-order valence-electron chi connectivity index (χ3n) is 4.18. The fraction of sp³-hybridized carbons (Fsp3) is 0.692. The van der Waals surface area contributed by atoms with Gasteiger partial charge in [-0.15, -0.1) is 11.3 Å². The Hall–Kier alpha value is -1.14. The molecule has 2 heterocycles. The van der Waals surface area contributed by atoms with Crippen molar-refractivity contribution in [3.63, 3.8) is 0 Å². The molecule has 0 unspecified atom stereocenters. The first-order chi connectivity index (χ1) is 9.26. The quantitative estimate of drug-likeness (QED) is 0.888. The molecule has 19 heavy (non-hydrogen) atoms. The molecule has 5 nitrogen and oxygen atoms in total. The number of carbonyl (C=O) groups is 1. The topological polar surface area (TPSA) is 63.2 Å². The van der Waals surface area contributed by atoms with Gasteiger partial charge in [-0.2, -0.15) is 0 Å². The van der Waals surface area contributed by atoms with Gasteiger partial charge in [-0.25, -0.2) is 9.78 Å². The van der Waals surface area contributed by atoms with Gasteiger partial charge in [-0.1, -0.05) is 0 Å². The van der Waals surface area contributed by atoms with E-state index in [1.807, 2.05) is 5.38 Å². The van der Waals surface area contributed by atoms with E-state index in [2.05, 4.69) is 15.6 Å². The standard InChI is InChI=1S/C13H19N3O2S/c17-12(18-7-11-8-19-9-15-11)16-10-5-13(6-10)1-3-14-4-2-13/h8-10,14H,1-7H2,(H,16,17). The third-order valence-corrected chi connectivity index (χ3v) is 4.81. The number of amides is 1. The summed E-state index contributed by atoms with van der Waals surface area (Å²) in [6.07, 6.45) is 4.35. The number of piperidine rings is 1. The van der Waals surface area contributed by atoms with Crippen molar-refractivity contribution in [2.24, 2.45) is 5.41 Å². The van der Waals surface area contributed by atoms with E-state index in [1.54, 1.807) is 5.51 Å². The molecule has 1 saturated heterocycles. The molecule has 2 N–H and O–H groups in total. The molecule has 0 atom stereocenters. The molecule has 0 aromatic carbocycles. The summed E-state index contributed by atoms with van der Waals surface area (Å²) in [7, 11) is 0. The Kier molecular flexibility index (Phi) is 3.70. The van der Waals surface area contributed by atoms with Gasteiger partial charge < -0.3 is 15.4 Å². The first-order valence-corrected chi connectivity index (χ1v) is 7.71. The maximum absolute atomic E-state index is 11.6. The second kappa shape index (κ2) is 5.46. The highest BCUT2D eigenvalue weighted by Gasteiger charge is 2.45. The van der Waals surface area contributed by atoms with Crippen LogP contribution in [-0.2, 0) is 11.3 Å². The summed E-state index contributed by atoms with van der Waals surface area (Å²) in [5, 5.41) is 8.22. The SMILES string of the molecule is O=C(NC1CC2(CCNCC2)C1)OCc1cscn1. The lowest BCUT2D eigenvalue weighted by Crippen LogP contribution is -2.54. The molecule has 0 radical (unpaired) electrons. The smallest absolute Gasteiger partial charge is 0.407 e. The van der Waals surface area contributed by atoms with E-state index in [1.165, 1.54) is 24.2 Å². The zero-order valence-corrected chi connectivity index (χ0v) is 11.7. The minimum Gasteiger partial charge on any atom is -0.443 e. The molecule has 3 rings (SSSR count). The van der Waals surface area contributed by atoms with Gasteiger partial charge >= 0.3 is 6.09 Å². The number of alkyl carbamates (subject to hydrolysis) is 1. The molecule has 1 amide bonds. The Morgan fingerprint density at radius 3 is 3.00 bits per heavy atom. The number of nitrogens with zero attached hydrogens (tertiary/aromatic N) is 1. The van der Waals surface area contributed by atoms with Gasteiger partial charge in [0, 0.05) is 11.4 Å². The van der Waals surface area contributed by atoms with E-state index >= 15 is 0 Å². The van der Waals surface area contributed by atoms with Crippen LogP contribution in [0.25, 0.3) is 0 Å². The lowest BCUT2D eigenvalue weighted by molar-refractivity contribution is 0.0411. The highest BCUT2D eigenvalue weighted by molar-refractivity contribution is 7.07. The number of ether oxygens (including phenoxy) is 1. The third kappa shape index (κ3) is 3.06. The van der Waals surface area contributed by atoms with E-state index in [4.69, 9.17) is 4.74 Å². The molecule has 1 aliphatic heterocycles. The predicted octanol–water partition coefficient (Wildman–Crippen LogP) is 1.90. The number of carbonyl (C=O) groups excluding carboxylic acids is 1. The molecule has 1 spiro atoms. The Balaban J connectivity index is 1.37. The Labute approximate surface area is 116 Å². The van der Waals surface area contributed by atoms with Crippen molar-refractivity contribution in [2.75, 3.05) is 13.1 Å². The number of thiazole rings is 1. The first kappa shape index (κ1) is 12.9. The summed E-state index contributed by atoms with van der Waals surface area (Å²) < 4.78 is 5.15. The van der Waals surface area contributed by atoms with E-state index in [0.29, 0.717) is 11.5 Å². The van der Waals surface area contributed by atoms with Crippen LogP contribution in [0.5, 0.6) is 0 Å². The van der Waals surface area contributed by atoms with Crippen molar-refractivity contribution in [3.8, 4) is 0 Å². The molecule has 0 bridgehead atoms. The van der Waals surface area contributed by atoms with E-state index in [0.717, 1.165) is 31.6 Å². The van der Waals surface area contributed by atoms with Gasteiger partial charge in [0.1, 0.15) is 6.61 Å². The Morgan fingerprint density at radius 1 is 1.53 bits per heavy atom. The highest BCUT2D eigenvalue weighted by Crippen LogP contribution is 2.47. The lowest BCUT2D eigenvalue weighted by atomic mass is 9.61. The summed E-state index contributed by atoms with van der Waals surface area (Å²) in [6.45, 7) is 2.49. The van der Waals surface area contributed by atoms with Gasteiger partial charge in [-0.05, 0) is 44.2 Å². The normalized spacial score (nSPS) is 21.9. The molecular formula is C13H19N3O2S. The van der Waals surface area contributed by atoms with Gasteiger partial charge in [0.2, 0.25) is 0 Å². The summed E-state index contributed by atoms with van der Waals surface area (Å²) in [6, 6.07) is 0.293. The van der Waals surface area contributed by atoms with Gasteiger partial charge in [-0.3, -0.25) is 0 Å². The second-order valence-corrected chi connectivity index (χ2v) is 6.27. The minimum atomic E-state index is -0.318. The van der Waals surface area contributed by atoms with Crippen LogP contribution in [-0.4, -0.2) is 30.2 Å². The van der Waals surface area contributed by atoms with Crippen molar-refractivity contribution in [1.29, 1.82) is 0 Å². The van der Waals surface area contributed by atoms with Crippen molar-refractivity contribution in [1.82, 2.24) is 15.6 Å². The molecule has 1 saturated carbocycles. The maximum Gasteiger partial charge on any atom is 0.407 e. The summed E-state index contributed by atoms with van der Waals surface area (Å²) >= 11 is 1.51. The summed E-state index contributed by atoms with van der Waals surface area (Å²) in [5.74, 6) is 0. The highest BCUT2D eigenvalue weighted by atomic mass is 32.1. The van der Waals surface area contributed by atoms with Crippen LogP contribution in [0.15, 0.2) is 10.9 Å². The average molecular weight is 281 g/mol. The van der Waals surface area contributed by atoms with Crippen LogP contribution in [0.2, 0.25) is 0 Å². The van der Waals surface area contributed by atoms with Gasteiger partial charge in [0.05, 0.1) is 11.2 Å². The largest absolute Gasteiger partial charge is 0.443 e. The van der Waals surface area contributed by atoms with E-state index in [9.17, 15) is 4.79 Å². The molecule has 104 valence electrons. The molecule has 2 aliphatic rings. The number of rotatable bonds is 3. The number of nitrogens with one attached hydrogen (secondary N) is 2. The second-order valence-electron chi connectivity index (χ2n) is 5.56. The Bertz CT molecular complexity index is 421. The molecule has 2 fully saturated rings. The van der Waals surface area contributed by atoms with Crippen molar-refractivity contribution in [2.45, 2.75) is 38.3 Å². The lowest BCUT2D eigenvalue weighted by Gasteiger charge is -2.50. The maximum atomic E-state index is 11.6. The van der Waals surface area contributed by atoms with Gasteiger partial charge in [0.25, 0.3) is 0 Å². The number of hydrogen-bond acceptors (Lipinski definition) is 5. The molecular weight excluding hydrogens is 262 g/mol. The van der Waals surface area contributed by atoms with E-state index < -0.39 is 0 Å². The Morgan fingerprint density at radius 2 is 2.32 bits per heavy atom. The van der Waals surface area contributed by atoms with E-state index in [-0.39, 0.29) is 12.7 Å². The number of aromatic nitrogens is 1. The zero-order valence-electron chi connectivity index (χ0n) is 10.9. The average Bonchev–Trinajstić information content (AvgIpc) is 2.89. The molecule has 1 aromatic rings. The van der Waals surface area contributed by atoms with Crippen LogP contribution >= 0.6 is 11.3 Å². The number of hydrogen-bond donors (Lipinski definition) is 2. The van der Waals surface area contributed by atoms with Gasteiger partial charge in [0.15, 0.2) is 0 Å². The van der Waals surface area contributed by atoms with Crippen LogP contribution < -0.4 is 10.6 Å². The summed E-state index contributed by atoms with van der Waals surface area (Å²) in [4.78, 5) is 15.7. The van der Waals surface area contributed by atoms with Crippen molar-refractivity contribution in [3.05, 3.63) is 16.6 Å². The fourth-order valence-electron chi connectivity index (χ4n) is 3.11. The first-order valence-electron chi connectivity index (χ1n) is 6.77. The zero-order chi connectivity index (χ0) is 13.1. The molecule has 1 aliphatic carbocycles. The molecule has 6 heteroatoms. The van der Waals surface area contributed by atoms with Crippen LogP contribution in [0, 0.1) is 5.41 Å².